The Morgan fingerprint density at radius 2 is 1.81 bits per heavy atom. The van der Waals surface area contributed by atoms with Gasteiger partial charge in [0.2, 0.25) is 0 Å². The quantitative estimate of drug-likeness (QED) is 0.407. The molecule has 5 rings (SSSR count). The maximum absolute atomic E-state index is 6.33. The molecule has 1 aliphatic carbocycles. The molecular weight excluding hydrogens is 318 g/mol. The number of aromatic amines is 1. The van der Waals surface area contributed by atoms with Crippen molar-refractivity contribution in [2.75, 3.05) is 6.61 Å². The molecule has 1 aliphatic rings. The summed E-state index contributed by atoms with van der Waals surface area (Å²) in [6.07, 6.45) is 2.04. The van der Waals surface area contributed by atoms with Crippen molar-refractivity contribution in [1.29, 1.82) is 0 Å². The van der Waals surface area contributed by atoms with Crippen molar-refractivity contribution in [3.05, 3.63) is 65.7 Å². The van der Waals surface area contributed by atoms with Crippen LogP contribution in [0.25, 0.3) is 32.9 Å². The van der Waals surface area contributed by atoms with Gasteiger partial charge in [-0.1, -0.05) is 56.3 Å². The van der Waals surface area contributed by atoms with Gasteiger partial charge in [0.1, 0.15) is 5.75 Å². The van der Waals surface area contributed by atoms with Crippen molar-refractivity contribution in [3.63, 3.8) is 0 Å². The van der Waals surface area contributed by atoms with Gasteiger partial charge in [-0.25, -0.2) is 0 Å². The molecule has 130 valence electrons. The van der Waals surface area contributed by atoms with Crippen LogP contribution in [-0.2, 0) is 6.42 Å². The minimum absolute atomic E-state index is 0.646. The normalized spacial score (nSPS) is 12.7. The number of ether oxygens (including phenoxy) is 1. The van der Waals surface area contributed by atoms with Crippen molar-refractivity contribution in [3.8, 4) is 16.9 Å². The van der Waals surface area contributed by atoms with Gasteiger partial charge in [-0.3, -0.25) is 0 Å². The summed E-state index contributed by atoms with van der Waals surface area (Å²) in [7, 11) is 0. The predicted octanol–water partition coefficient (Wildman–Crippen LogP) is 6.32. The number of rotatable bonds is 4. The molecule has 1 heterocycles. The first-order valence-corrected chi connectivity index (χ1v) is 9.49. The van der Waals surface area contributed by atoms with Gasteiger partial charge in [0.15, 0.2) is 0 Å². The zero-order valence-corrected chi connectivity index (χ0v) is 15.3. The van der Waals surface area contributed by atoms with Crippen molar-refractivity contribution in [2.24, 2.45) is 5.92 Å². The number of aromatic nitrogens is 1. The van der Waals surface area contributed by atoms with Crippen LogP contribution in [0.3, 0.4) is 0 Å². The average Bonchev–Trinajstić information content (AvgIpc) is 3.20. The third kappa shape index (κ3) is 2.33. The van der Waals surface area contributed by atoms with Crippen LogP contribution in [0.15, 0.2) is 54.6 Å². The lowest BCUT2D eigenvalue weighted by atomic mass is 10.0. The summed E-state index contributed by atoms with van der Waals surface area (Å²) in [4.78, 5) is 3.66. The topological polar surface area (TPSA) is 25.0 Å². The van der Waals surface area contributed by atoms with Gasteiger partial charge in [0, 0.05) is 28.3 Å². The van der Waals surface area contributed by atoms with Gasteiger partial charge < -0.3 is 9.72 Å². The molecule has 0 aliphatic heterocycles. The van der Waals surface area contributed by atoms with E-state index in [1.165, 1.54) is 44.1 Å². The number of nitrogens with one attached hydrogen (secondary N) is 1. The molecule has 0 bridgehead atoms. The second-order valence-electron chi connectivity index (χ2n) is 7.69. The van der Waals surface area contributed by atoms with Crippen molar-refractivity contribution >= 4 is 21.8 Å². The van der Waals surface area contributed by atoms with E-state index in [2.05, 4.69) is 73.4 Å². The number of benzene rings is 3. The number of para-hydroxylation sites is 1. The van der Waals surface area contributed by atoms with Crippen molar-refractivity contribution < 1.29 is 4.74 Å². The Bertz CT molecular complexity index is 1120. The molecular formula is C24H23NO. The highest BCUT2D eigenvalue weighted by atomic mass is 16.5. The van der Waals surface area contributed by atoms with Gasteiger partial charge in [0.25, 0.3) is 0 Å². The lowest BCUT2D eigenvalue weighted by Crippen LogP contribution is -2.02. The molecule has 3 aromatic carbocycles. The van der Waals surface area contributed by atoms with Crippen molar-refractivity contribution in [2.45, 2.75) is 26.7 Å². The Kier molecular flexibility index (Phi) is 3.53. The molecule has 0 fully saturated rings. The first kappa shape index (κ1) is 15.5. The minimum Gasteiger partial charge on any atom is -0.493 e. The van der Waals surface area contributed by atoms with Crippen LogP contribution in [0.1, 0.15) is 31.4 Å². The Morgan fingerprint density at radius 1 is 1.00 bits per heavy atom. The molecule has 0 radical (unpaired) electrons. The fraction of sp³-hybridized carbons (Fsp3) is 0.250. The second kappa shape index (κ2) is 5.91. The summed E-state index contributed by atoms with van der Waals surface area (Å²) in [5.41, 5.74) is 7.82. The predicted molar refractivity (Wildman–Crippen MR) is 109 cm³/mol. The molecule has 0 amide bonds. The van der Waals surface area contributed by atoms with Crippen LogP contribution >= 0.6 is 0 Å². The molecule has 4 aromatic rings. The maximum atomic E-state index is 6.33. The van der Waals surface area contributed by atoms with Crippen LogP contribution in [0.4, 0.5) is 0 Å². The molecule has 0 saturated heterocycles. The van der Waals surface area contributed by atoms with Gasteiger partial charge in [-0.05, 0) is 41.2 Å². The van der Waals surface area contributed by atoms with Crippen LogP contribution in [0.2, 0.25) is 0 Å². The maximum Gasteiger partial charge on any atom is 0.128 e. The highest BCUT2D eigenvalue weighted by molar-refractivity contribution is 6.11. The summed E-state index contributed by atoms with van der Waals surface area (Å²) < 4.78 is 6.33. The molecule has 2 nitrogen and oxygen atoms in total. The third-order valence-corrected chi connectivity index (χ3v) is 5.48. The lowest BCUT2D eigenvalue weighted by Gasteiger charge is -2.14. The zero-order valence-electron chi connectivity index (χ0n) is 15.3. The molecule has 0 atom stereocenters. The molecule has 26 heavy (non-hydrogen) atoms. The number of hydrogen-bond donors (Lipinski definition) is 1. The Morgan fingerprint density at radius 3 is 2.69 bits per heavy atom. The fourth-order valence-corrected chi connectivity index (χ4v) is 4.13. The summed E-state index contributed by atoms with van der Waals surface area (Å²) in [6.45, 7) is 5.25. The van der Waals surface area contributed by atoms with Crippen molar-refractivity contribution in [1.82, 2.24) is 4.98 Å². The first-order valence-electron chi connectivity index (χ1n) is 9.49. The third-order valence-electron chi connectivity index (χ3n) is 5.48. The molecule has 1 N–H and O–H groups in total. The molecule has 0 unspecified atom stereocenters. The summed E-state index contributed by atoms with van der Waals surface area (Å²) in [6, 6.07) is 19.5. The molecule has 0 saturated carbocycles. The highest BCUT2D eigenvalue weighted by Gasteiger charge is 2.26. The number of H-pyrrole nitrogens is 1. The first-order chi connectivity index (χ1) is 12.7. The van der Waals surface area contributed by atoms with E-state index in [0.717, 1.165) is 25.2 Å². The Balaban J connectivity index is 1.75. The Hall–Kier alpha value is -2.74. The van der Waals surface area contributed by atoms with E-state index in [-0.39, 0.29) is 0 Å². The highest BCUT2D eigenvalue weighted by Crippen LogP contribution is 2.47. The van der Waals surface area contributed by atoms with E-state index in [1.54, 1.807) is 0 Å². The van der Waals surface area contributed by atoms with E-state index in [4.69, 9.17) is 4.74 Å². The van der Waals surface area contributed by atoms with Crippen LogP contribution in [0.5, 0.6) is 5.75 Å². The summed E-state index contributed by atoms with van der Waals surface area (Å²) in [5, 5.41) is 2.54. The van der Waals surface area contributed by atoms with Gasteiger partial charge in [0.05, 0.1) is 12.1 Å². The smallest absolute Gasteiger partial charge is 0.128 e. The van der Waals surface area contributed by atoms with Gasteiger partial charge in [-0.2, -0.15) is 0 Å². The molecule has 2 heteroatoms. The van der Waals surface area contributed by atoms with E-state index in [0.29, 0.717) is 5.92 Å². The number of hydrogen-bond acceptors (Lipinski definition) is 1. The molecule has 0 spiro atoms. The summed E-state index contributed by atoms with van der Waals surface area (Å²) >= 11 is 0. The van der Waals surface area contributed by atoms with E-state index in [9.17, 15) is 0 Å². The Labute approximate surface area is 153 Å². The van der Waals surface area contributed by atoms with Gasteiger partial charge in [-0.15, -0.1) is 0 Å². The monoisotopic (exact) mass is 341 g/mol. The standard InChI is InChI=1S/C24H23NO/c1-15(2)11-12-26-22-14-19-18-9-5-6-10-21(18)25-24(19)20-13-16-7-3-4-8-17(16)23(20)22/h3-10,14-15,25H,11-13H2,1-2H3. The summed E-state index contributed by atoms with van der Waals surface area (Å²) in [5.74, 6) is 1.68. The van der Waals surface area contributed by atoms with E-state index >= 15 is 0 Å². The fourth-order valence-electron chi connectivity index (χ4n) is 4.13. The molecule has 1 aromatic heterocycles. The van der Waals surface area contributed by atoms with Crippen LogP contribution in [0, 0.1) is 5.92 Å². The van der Waals surface area contributed by atoms with E-state index < -0.39 is 0 Å². The SMILES string of the molecule is CC(C)CCOc1cc2c([nH]c3ccccc32)c2c1-c1ccccc1C2. The zero-order chi connectivity index (χ0) is 17.7. The number of fused-ring (bicyclic) bond motifs is 7. The van der Waals surface area contributed by atoms with E-state index in [1.807, 2.05) is 0 Å². The largest absolute Gasteiger partial charge is 0.493 e. The van der Waals surface area contributed by atoms with Gasteiger partial charge >= 0.3 is 0 Å². The minimum atomic E-state index is 0.646. The second-order valence-corrected chi connectivity index (χ2v) is 7.69. The lowest BCUT2D eigenvalue weighted by molar-refractivity contribution is 0.291. The van der Waals surface area contributed by atoms with Crippen LogP contribution in [-0.4, -0.2) is 11.6 Å². The average molecular weight is 341 g/mol. The van der Waals surface area contributed by atoms with Crippen LogP contribution < -0.4 is 4.74 Å².